The van der Waals surface area contributed by atoms with Crippen LogP contribution in [0.2, 0.25) is 0 Å². The average Bonchev–Trinajstić information content (AvgIpc) is 2.65. The summed E-state index contributed by atoms with van der Waals surface area (Å²) in [6.07, 6.45) is 1.70. The molecule has 4 nitrogen and oxygen atoms in total. The number of ketones is 1. The van der Waals surface area contributed by atoms with Gasteiger partial charge in [-0.3, -0.25) is 9.59 Å². The summed E-state index contributed by atoms with van der Waals surface area (Å²) >= 11 is 0. The molecular formula is C13H14N2O2. The zero-order chi connectivity index (χ0) is 12.6. The van der Waals surface area contributed by atoms with Gasteiger partial charge in [-0.1, -0.05) is 18.2 Å². The Kier molecular flexibility index (Phi) is 2.71. The minimum absolute atomic E-state index is 0.460. The van der Waals surface area contributed by atoms with Crippen molar-refractivity contribution in [1.29, 1.82) is 0 Å². The third kappa shape index (κ3) is 1.82. The van der Waals surface area contributed by atoms with Crippen LogP contribution in [0.25, 0.3) is 10.9 Å². The van der Waals surface area contributed by atoms with E-state index in [1.807, 2.05) is 35.9 Å². The van der Waals surface area contributed by atoms with Crippen molar-refractivity contribution in [3.8, 4) is 0 Å². The molecule has 88 valence electrons. The SMILES string of the molecule is CN(C)C(=O)C(=O)c1cn(C)c2ccccc12. The average molecular weight is 230 g/mol. The summed E-state index contributed by atoms with van der Waals surface area (Å²) in [5, 5.41) is 0.815. The highest BCUT2D eigenvalue weighted by Crippen LogP contribution is 2.20. The number of carbonyl (C=O) groups excluding carboxylic acids is 2. The summed E-state index contributed by atoms with van der Waals surface area (Å²) in [5.41, 5.74) is 1.41. The van der Waals surface area contributed by atoms with E-state index < -0.39 is 11.7 Å². The number of amides is 1. The Balaban J connectivity index is 2.57. The number of nitrogens with zero attached hydrogens (tertiary/aromatic N) is 2. The van der Waals surface area contributed by atoms with Gasteiger partial charge in [0.05, 0.1) is 5.56 Å². The fourth-order valence-electron chi connectivity index (χ4n) is 1.84. The quantitative estimate of drug-likeness (QED) is 0.579. The maximum absolute atomic E-state index is 12.0. The van der Waals surface area contributed by atoms with E-state index in [0.29, 0.717) is 5.56 Å². The summed E-state index contributed by atoms with van der Waals surface area (Å²) in [5.74, 6) is -0.965. The lowest BCUT2D eigenvalue weighted by Crippen LogP contribution is -2.29. The fraction of sp³-hybridized carbons (Fsp3) is 0.231. The van der Waals surface area contributed by atoms with Crippen molar-refractivity contribution in [2.75, 3.05) is 14.1 Å². The maximum atomic E-state index is 12.0. The van der Waals surface area contributed by atoms with Gasteiger partial charge >= 0.3 is 0 Å². The van der Waals surface area contributed by atoms with Gasteiger partial charge in [0.2, 0.25) is 0 Å². The largest absolute Gasteiger partial charge is 0.350 e. The van der Waals surface area contributed by atoms with Gasteiger partial charge in [0, 0.05) is 38.2 Å². The normalized spacial score (nSPS) is 10.5. The molecule has 0 spiro atoms. The lowest BCUT2D eigenvalue weighted by Gasteiger charge is -2.07. The fourth-order valence-corrected chi connectivity index (χ4v) is 1.84. The lowest BCUT2D eigenvalue weighted by atomic mass is 10.1. The number of hydrogen-bond acceptors (Lipinski definition) is 2. The van der Waals surface area contributed by atoms with Crippen LogP contribution in [0.15, 0.2) is 30.5 Å². The third-order valence-corrected chi connectivity index (χ3v) is 2.74. The van der Waals surface area contributed by atoms with Gasteiger partial charge in [-0.05, 0) is 6.07 Å². The minimum Gasteiger partial charge on any atom is -0.350 e. The molecule has 0 radical (unpaired) electrons. The molecule has 0 unspecified atom stereocenters. The van der Waals surface area contributed by atoms with E-state index in [9.17, 15) is 9.59 Å². The maximum Gasteiger partial charge on any atom is 0.294 e. The summed E-state index contributed by atoms with van der Waals surface area (Å²) in [6.45, 7) is 0. The first-order chi connectivity index (χ1) is 8.02. The van der Waals surface area contributed by atoms with Gasteiger partial charge < -0.3 is 9.47 Å². The molecule has 0 aliphatic rings. The van der Waals surface area contributed by atoms with Crippen LogP contribution in [0.3, 0.4) is 0 Å². The van der Waals surface area contributed by atoms with Crippen LogP contribution >= 0.6 is 0 Å². The van der Waals surface area contributed by atoms with Crippen molar-refractivity contribution >= 4 is 22.6 Å². The molecule has 1 aromatic heterocycles. The summed E-state index contributed by atoms with van der Waals surface area (Å²) in [7, 11) is 5.01. The number of aromatic nitrogens is 1. The number of para-hydroxylation sites is 1. The Morgan fingerprint density at radius 2 is 1.82 bits per heavy atom. The third-order valence-electron chi connectivity index (χ3n) is 2.74. The highest BCUT2D eigenvalue weighted by molar-refractivity contribution is 6.44. The van der Waals surface area contributed by atoms with Gasteiger partial charge in [-0.2, -0.15) is 0 Å². The highest BCUT2D eigenvalue weighted by Gasteiger charge is 2.21. The van der Waals surface area contributed by atoms with Crippen LogP contribution in [0.1, 0.15) is 10.4 Å². The van der Waals surface area contributed by atoms with Gasteiger partial charge in [0.1, 0.15) is 0 Å². The molecule has 0 fully saturated rings. The van der Waals surface area contributed by atoms with Crippen LogP contribution in [0.5, 0.6) is 0 Å². The number of aryl methyl sites for hydroxylation is 1. The van der Waals surface area contributed by atoms with E-state index in [0.717, 1.165) is 10.9 Å². The van der Waals surface area contributed by atoms with E-state index in [2.05, 4.69) is 0 Å². The molecule has 0 aliphatic heterocycles. The van der Waals surface area contributed by atoms with Crippen LogP contribution in [0.4, 0.5) is 0 Å². The van der Waals surface area contributed by atoms with Crippen molar-refractivity contribution in [2.45, 2.75) is 0 Å². The second kappa shape index (κ2) is 4.05. The van der Waals surface area contributed by atoms with Gasteiger partial charge in [0.25, 0.3) is 11.7 Å². The molecule has 0 saturated carbocycles. The topological polar surface area (TPSA) is 42.3 Å². The molecule has 0 saturated heterocycles. The zero-order valence-electron chi connectivity index (χ0n) is 10.1. The Morgan fingerprint density at radius 1 is 1.18 bits per heavy atom. The molecule has 1 amide bonds. The Bertz CT molecular complexity index is 596. The molecule has 0 atom stereocenters. The van der Waals surface area contributed by atoms with E-state index in [1.165, 1.54) is 4.90 Å². The molecule has 1 aromatic carbocycles. The predicted molar refractivity (Wildman–Crippen MR) is 65.9 cm³/mol. The van der Waals surface area contributed by atoms with Gasteiger partial charge in [0.15, 0.2) is 0 Å². The van der Waals surface area contributed by atoms with Crippen molar-refractivity contribution in [2.24, 2.45) is 7.05 Å². The standard InChI is InChI=1S/C13H14N2O2/c1-14(2)13(17)12(16)10-8-15(3)11-7-5-4-6-9(10)11/h4-8H,1-3H3. The van der Waals surface area contributed by atoms with Gasteiger partial charge in [-0.15, -0.1) is 0 Å². The molecule has 17 heavy (non-hydrogen) atoms. The molecule has 4 heteroatoms. The summed E-state index contributed by atoms with van der Waals surface area (Å²) < 4.78 is 1.85. The number of rotatable bonds is 2. The minimum atomic E-state index is -0.499. The van der Waals surface area contributed by atoms with Crippen molar-refractivity contribution < 1.29 is 9.59 Å². The highest BCUT2D eigenvalue weighted by atomic mass is 16.2. The zero-order valence-corrected chi connectivity index (χ0v) is 10.1. The Morgan fingerprint density at radius 3 is 2.47 bits per heavy atom. The number of carbonyl (C=O) groups is 2. The monoisotopic (exact) mass is 230 g/mol. The Hall–Kier alpha value is -2.10. The van der Waals surface area contributed by atoms with E-state index in [-0.39, 0.29) is 0 Å². The molecule has 0 aliphatic carbocycles. The number of fused-ring (bicyclic) bond motifs is 1. The first kappa shape index (κ1) is 11.4. The van der Waals surface area contributed by atoms with E-state index >= 15 is 0 Å². The van der Waals surface area contributed by atoms with E-state index in [1.54, 1.807) is 20.3 Å². The van der Waals surface area contributed by atoms with Gasteiger partial charge in [-0.25, -0.2) is 0 Å². The number of Topliss-reactive ketones (excluding diaryl/α,β-unsaturated/α-hetero) is 1. The lowest BCUT2D eigenvalue weighted by molar-refractivity contribution is -0.124. The van der Waals surface area contributed by atoms with Crippen LogP contribution < -0.4 is 0 Å². The molecule has 1 heterocycles. The summed E-state index contributed by atoms with van der Waals surface area (Å²) in [6, 6.07) is 7.54. The predicted octanol–water partition coefficient (Wildman–Crippen LogP) is 1.45. The van der Waals surface area contributed by atoms with Crippen molar-refractivity contribution in [3.05, 3.63) is 36.0 Å². The van der Waals surface area contributed by atoms with Crippen molar-refractivity contribution in [3.63, 3.8) is 0 Å². The molecule has 2 aromatic rings. The second-order valence-electron chi connectivity index (χ2n) is 4.20. The number of likely N-dealkylation sites (N-methyl/N-ethyl adjacent to an activating group) is 1. The number of benzene rings is 1. The number of hydrogen-bond donors (Lipinski definition) is 0. The molecule has 0 N–H and O–H groups in total. The molecular weight excluding hydrogens is 216 g/mol. The summed E-state index contributed by atoms with van der Waals surface area (Å²) in [4.78, 5) is 25.0. The van der Waals surface area contributed by atoms with Crippen LogP contribution in [0, 0.1) is 0 Å². The van der Waals surface area contributed by atoms with Crippen LogP contribution in [-0.2, 0) is 11.8 Å². The van der Waals surface area contributed by atoms with Crippen molar-refractivity contribution in [1.82, 2.24) is 9.47 Å². The second-order valence-corrected chi connectivity index (χ2v) is 4.20. The first-order valence-corrected chi connectivity index (χ1v) is 5.32. The molecule has 0 bridgehead atoms. The Labute approximate surface area is 99.4 Å². The van der Waals surface area contributed by atoms with Crippen LogP contribution in [-0.4, -0.2) is 35.3 Å². The van der Waals surface area contributed by atoms with E-state index in [4.69, 9.17) is 0 Å². The molecule has 2 rings (SSSR count). The smallest absolute Gasteiger partial charge is 0.294 e. The first-order valence-electron chi connectivity index (χ1n) is 5.32.